The van der Waals surface area contributed by atoms with Gasteiger partial charge in [0.2, 0.25) is 0 Å². The average molecular weight is 234 g/mol. The van der Waals surface area contributed by atoms with E-state index in [0.717, 1.165) is 0 Å². The summed E-state index contributed by atoms with van der Waals surface area (Å²) in [6.07, 6.45) is -1.05. The van der Waals surface area contributed by atoms with Crippen molar-refractivity contribution in [3.8, 4) is 0 Å². The lowest BCUT2D eigenvalue weighted by Crippen LogP contribution is -2.48. The Bertz CT molecular complexity index is 248. The van der Waals surface area contributed by atoms with Gasteiger partial charge in [0, 0.05) is 12.8 Å². The fraction of sp³-hybridized carbons (Fsp3) is 0.800. The SMILES string of the molecule is CCC(=O)OC(CC)C(O)(O)OC(=O)CC. The van der Waals surface area contributed by atoms with Crippen molar-refractivity contribution >= 4 is 11.9 Å². The number of carbonyl (C=O) groups excluding carboxylic acids is 2. The first kappa shape index (κ1) is 14.9. The summed E-state index contributed by atoms with van der Waals surface area (Å²) in [5.41, 5.74) is 0. The summed E-state index contributed by atoms with van der Waals surface area (Å²) in [7, 11) is 0. The van der Waals surface area contributed by atoms with Gasteiger partial charge in [-0.2, -0.15) is 0 Å². The van der Waals surface area contributed by atoms with Crippen LogP contribution in [0.15, 0.2) is 0 Å². The summed E-state index contributed by atoms with van der Waals surface area (Å²) >= 11 is 0. The monoisotopic (exact) mass is 234 g/mol. The minimum atomic E-state index is -2.77. The molecule has 0 amide bonds. The molecule has 2 N–H and O–H groups in total. The summed E-state index contributed by atoms with van der Waals surface area (Å²) in [6, 6.07) is 0. The van der Waals surface area contributed by atoms with Crippen LogP contribution in [0.1, 0.15) is 40.0 Å². The van der Waals surface area contributed by atoms with E-state index >= 15 is 0 Å². The first-order valence-electron chi connectivity index (χ1n) is 5.23. The Balaban J connectivity index is 4.53. The molecule has 0 rings (SSSR count). The topological polar surface area (TPSA) is 93.1 Å². The molecule has 1 unspecified atom stereocenters. The molecule has 6 nitrogen and oxygen atoms in total. The van der Waals surface area contributed by atoms with E-state index in [0.29, 0.717) is 0 Å². The molecule has 0 radical (unpaired) electrons. The summed E-state index contributed by atoms with van der Waals surface area (Å²) in [5, 5.41) is 18.9. The molecule has 0 aliphatic carbocycles. The third kappa shape index (κ3) is 4.59. The minimum absolute atomic E-state index is 0.00102. The average Bonchev–Trinajstić information content (AvgIpc) is 2.24. The lowest BCUT2D eigenvalue weighted by molar-refractivity contribution is -0.359. The summed E-state index contributed by atoms with van der Waals surface area (Å²) in [5.74, 6) is -4.14. The second kappa shape index (κ2) is 6.44. The molecule has 16 heavy (non-hydrogen) atoms. The Morgan fingerprint density at radius 3 is 2.00 bits per heavy atom. The van der Waals surface area contributed by atoms with Crippen molar-refractivity contribution < 1.29 is 29.3 Å². The maximum atomic E-state index is 11.0. The van der Waals surface area contributed by atoms with Gasteiger partial charge in [-0.1, -0.05) is 20.8 Å². The maximum absolute atomic E-state index is 11.0. The van der Waals surface area contributed by atoms with Crippen molar-refractivity contribution in [1.82, 2.24) is 0 Å². The minimum Gasteiger partial charge on any atom is -0.452 e. The van der Waals surface area contributed by atoms with Gasteiger partial charge < -0.3 is 19.7 Å². The normalized spacial score (nSPS) is 13.1. The molecule has 0 saturated heterocycles. The second-order valence-corrected chi connectivity index (χ2v) is 3.23. The van der Waals surface area contributed by atoms with Crippen LogP contribution in [-0.4, -0.2) is 34.2 Å². The number of aliphatic hydroxyl groups is 2. The molecule has 0 saturated carbocycles. The van der Waals surface area contributed by atoms with Crippen LogP contribution in [0, 0.1) is 0 Å². The number of carbonyl (C=O) groups is 2. The van der Waals surface area contributed by atoms with E-state index in [4.69, 9.17) is 4.74 Å². The number of esters is 2. The molecule has 0 bridgehead atoms. The van der Waals surface area contributed by atoms with Crippen LogP contribution in [-0.2, 0) is 19.1 Å². The van der Waals surface area contributed by atoms with Gasteiger partial charge in [-0.15, -0.1) is 0 Å². The number of ether oxygens (including phenoxy) is 2. The van der Waals surface area contributed by atoms with Gasteiger partial charge in [0.1, 0.15) is 0 Å². The predicted octanol–water partition coefficient (Wildman–Crippen LogP) is 0.310. The molecule has 94 valence electrons. The highest BCUT2D eigenvalue weighted by Crippen LogP contribution is 2.17. The lowest BCUT2D eigenvalue weighted by Gasteiger charge is -2.28. The molecule has 0 aliphatic rings. The van der Waals surface area contributed by atoms with Gasteiger partial charge in [0.05, 0.1) is 0 Å². The highest BCUT2D eigenvalue weighted by molar-refractivity contribution is 5.70. The Hall–Kier alpha value is -1.14. The Morgan fingerprint density at radius 2 is 1.62 bits per heavy atom. The highest BCUT2D eigenvalue weighted by atomic mass is 16.8. The molecular weight excluding hydrogens is 216 g/mol. The van der Waals surface area contributed by atoms with E-state index in [-0.39, 0.29) is 19.3 Å². The van der Waals surface area contributed by atoms with Gasteiger partial charge in [-0.05, 0) is 6.42 Å². The van der Waals surface area contributed by atoms with E-state index in [9.17, 15) is 19.8 Å². The van der Waals surface area contributed by atoms with Gasteiger partial charge >= 0.3 is 17.9 Å². The molecule has 0 heterocycles. The summed E-state index contributed by atoms with van der Waals surface area (Å²) in [4.78, 5) is 21.9. The number of hydrogen-bond acceptors (Lipinski definition) is 6. The van der Waals surface area contributed by atoms with E-state index in [1.807, 2.05) is 0 Å². The maximum Gasteiger partial charge on any atom is 0.363 e. The van der Waals surface area contributed by atoms with Crippen molar-refractivity contribution in [3.63, 3.8) is 0 Å². The molecule has 0 aromatic heterocycles. The van der Waals surface area contributed by atoms with Crippen LogP contribution >= 0.6 is 0 Å². The van der Waals surface area contributed by atoms with Crippen LogP contribution in [0.5, 0.6) is 0 Å². The zero-order valence-electron chi connectivity index (χ0n) is 9.73. The van der Waals surface area contributed by atoms with Crippen molar-refractivity contribution in [2.24, 2.45) is 0 Å². The number of rotatable bonds is 6. The van der Waals surface area contributed by atoms with Crippen LogP contribution < -0.4 is 0 Å². The third-order valence-electron chi connectivity index (χ3n) is 1.91. The zero-order chi connectivity index (χ0) is 12.8. The summed E-state index contributed by atoms with van der Waals surface area (Å²) < 4.78 is 9.12. The molecule has 6 heteroatoms. The molecule has 0 aliphatic heterocycles. The Labute approximate surface area is 94.2 Å². The van der Waals surface area contributed by atoms with Crippen LogP contribution in [0.25, 0.3) is 0 Å². The van der Waals surface area contributed by atoms with Gasteiger partial charge in [-0.3, -0.25) is 9.59 Å². The summed E-state index contributed by atoms with van der Waals surface area (Å²) in [6.45, 7) is 4.66. The standard InChI is InChI=1S/C10H18O6/c1-4-7(15-8(11)5-2)10(13,14)16-9(12)6-3/h7,13-14H,4-6H2,1-3H3. The first-order valence-corrected chi connectivity index (χ1v) is 5.23. The van der Waals surface area contributed by atoms with E-state index in [2.05, 4.69) is 4.74 Å². The Morgan fingerprint density at radius 1 is 1.12 bits per heavy atom. The molecule has 0 aromatic carbocycles. The second-order valence-electron chi connectivity index (χ2n) is 3.23. The highest BCUT2D eigenvalue weighted by Gasteiger charge is 2.40. The fourth-order valence-electron chi connectivity index (χ4n) is 0.973. The van der Waals surface area contributed by atoms with Crippen molar-refractivity contribution in [3.05, 3.63) is 0 Å². The quantitative estimate of drug-likeness (QED) is 0.507. The molecule has 0 fully saturated rings. The van der Waals surface area contributed by atoms with Gasteiger partial charge in [0.25, 0.3) is 0 Å². The van der Waals surface area contributed by atoms with Crippen molar-refractivity contribution in [2.75, 3.05) is 0 Å². The zero-order valence-corrected chi connectivity index (χ0v) is 9.73. The van der Waals surface area contributed by atoms with Crippen LogP contribution in [0.2, 0.25) is 0 Å². The van der Waals surface area contributed by atoms with Crippen molar-refractivity contribution in [1.29, 1.82) is 0 Å². The van der Waals surface area contributed by atoms with Crippen LogP contribution in [0.4, 0.5) is 0 Å². The predicted molar refractivity (Wildman–Crippen MR) is 54.0 cm³/mol. The fourth-order valence-corrected chi connectivity index (χ4v) is 0.973. The largest absolute Gasteiger partial charge is 0.452 e. The molecular formula is C10H18O6. The van der Waals surface area contributed by atoms with E-state index in [1.165, 1.54) is 6.92 Å². The molecule has 0 spiro atoms. The smallest absolute Gasteiger partial charge is 0.363 e. The first-order chi connectivity index (χ1) is 7.37. The van der Waals surface area contributed by atoms with Gasteiger partial charge in [0.15, 0.2) is 6.10 Å². The van der Waals surface area contributed by atoms with E-state index < -0.39 is 24.0 Å². The molecule has 1 atom stereocenters. The van der Waals surface area contributed by atoms with Crippen LogP contribution in [0.3, 0.4) is 0 Å². The van der Waals surface area contributed by atoms with Crippen molar-refractivity contribution in [2.45, 2.75) is 52.1 Å². The number of hydrogen-bond donors (Lipinski definition) is 2. The lowest BCUT2D eigenvalue weighted by atomic mass is 10.2. The molecule has 0 aromatic rings. The Kier molecular flexibility index (Phi) is 5.98. The third-order valence-corrected chi connectivity index (χ3v) is 1.91. The van der Waals surface area contributed by atoms with E-state index in [1.54, 1.807) is 13.8 Å². The van der Waals surface area contributed by atoms with Gasteiger partial charge in [-0.25, -0.2) is 0 Å².